The van der Waals surface area contributed by atoms with Crippen LogP contribution in [0.2, 0.25) is 0 Å². The van der Waals surface area contributed by atoms with Gasteiger partial charge in [-0.05, 0) is 19.3 Å². The zero-order chi connectivity index (χ0) is 13.8. The molecule has 0 radical (unpaired) electrons. The van der Waals surface area contributed by atoms with E-state index in [1.165, 1.54) is 19.3 Å². The predicted molar refractivity (Wildman–Crippen MR) is 69.2 cm³/mol. The van der Waals surface area contributed by atoms with Crippen LogP contribution >= 0.6 is 0 Å². The van der Waals surface area contributed by atoms with Gasteiger partial charge in [0.25, 0.3) is 0 Å². The molecule has 0 amide bonds. The van der Waals surface area contributed by atoms with Crippen LogP contribution in [0.3, 0.4) is 0 Å². The Hall–Kier alpha value is -1.24. The first kappa shape index (κ1) is 14.2. The maximum absolute atomic E-state index is 11.1. The molecule has 2 rings (SSSR count). The Balaban J connectivity index is 1.94. The molecule has 0 saturated heterocycles. The molecule has 0 aromatic heterocycles. The van der Waals surface area contributed by atoms with E-state index in [9.17, 15) is 20.2 Å². The summed E-state index contributed by atoms with van der Waals surface area (Å²) in [6.45, 7) is 0. The van der Waals surface area contributed by atoms with Crippen LogP contribution < -0.4 is 5.32 Å². The number of nitrogens with zero attached hydrogens (tertiary/aromatic N) is 2. The monoisotopic (exact) mass is 271 g/mol. The van der Waals surface area contributed by atoms with Crippen LogP contribution in [-0.4, -0.2) is 34.0 Å². The van der Waals surface area contributed by atoms with Crippen molar-refractivity contribution in [1.29, 1.82) is 0 Å². The molecule has 19 heavy (non-hydrogen) atoms. The molecule has 7 nitrogen and oxygen atoms in total. The van der Waals surface area contributed by atoms with Crippen LogP contribution in [0.4, 0.5) is 0 Å². The predicted octanol–water partition coefficient (Wildman–Crippen LogP) is 1.75. The molecule has 2 fully saturated rings. The van der Waals surface area contributed by atoms with E-state index in [1.807, 2.05) is 0 Å². The molecule has 0 aromatic rings. The smallest absolute Gasteiger partial charge is 0.234 e. The molecular weight excluding hydrogens is 250 g/mol. The molecule has 0 bridgehead atoms. The second kappa shape index (κ2) is 6.27. The summed E-state index contributed by atoms with van der Waals surface area (Å²) in [6, 6.07) is -1.41. The zero-order valence-electron chi connectivity index (χ0n) is 11.0. The normalized spacial score (nSPS) is 32.9. The Morgan fingerprint density at radius 3 is 2.16 bits per heavy atom. The van der Waals surface area contributed by atoms with E-state index < -0.39 is 12.1 Å². The van der Waals surface area contributed by atoms with E-state index in [0.29, 0.717) is 18.9 Å². The average Bonchev–Trinajstić information content (AvgIpc) is 2.39. The van der Waals surface area contributed by atoms with Gasteiger partial charge in [0.05, 0.1) is 12.5 Å². The Bertz CT molecular complexity index is 344. The first-order valence-electron chi connectivity index (χ1n) is 7.11. The molecule has 1 N–H and O–H groups in total. The highest BCUT2D eigenvalue weighted by atomic mass is 16.6. The van der Waals surface area contributed by atoms with Crippen molar-refractivity contribution in [1.82, 2.24) is 5.32 Å². The van der Waals surface area contributed by atoms with Gasteiger partial charge in [0.1, 0.15) is 0 Å². The molecule has 0 aliphatic heterocycles. The van der Waals surface area contributed by atoms with Crippen molar-refractivity contribution < 1.29 is 9.85 Å². The largest absolute Gasteiger partial charge is 0.305 e. The molecule has 0 heterocycles. The highest BCUT2D eigenvalue weighted by molar-refractivity contribution is 4.88. The maximum Gasteiger partial charge on any atom is 0.234 e. The summed E-state index contributed by atoms with van der Waals surface area (Å²) in [7, 11) is 0. The third-order valence-corrected chi connectivity index (χ3v) is 4.41. The fourth-order valence-electron chi connectivity index (χ4n) is 3.32. The van der Waals surface area contributed by atoms with Gasteiger partial charge in [-0.3, -0.25) is 20.2 Å². The van der Waals surface area contributed by atoms with Crippen molar-refractivity contribution in [3.8, 4) is 0 Å². The van der Waals surface area contributed by atoms with Gasteiger partial charge in [-0.15, -0.1) is 0 Å². The lowest BCUT2D eigenvalue weighted by Gasteiger charge is -2.32. The quantitative estimate of drug-likeness (QED) is 0.620. The van der Waals surface area contributed by atoms with E-state index in [-0.39, 0.29) is 22.3 Å². The lowest BCUT2D eigenvalue weighted by atomic mass is 9.85. The van der Waals surface area contributed by atoms with Gasteiger partial charge in [-0.2, -0.15) is 0 Å². The second-order valence-electron chi connectivity index (χ2n) is 5.71. The summed E-state index contributed by atoms with van der Waals surface area (Å²) >= 11 is 0. The van der Waals surface area contributed by atoms with E-state index in [1.54, 1.807) is 0 Å². The Kier molecular flexibility index (Phi) is 4.68. The van der Waals surface area contributed by atoms with Crippen LogP contribution in [-0.2, 0) is 0 Å². The van der Waals surface area contributed by atoms with E-state index in [4.69, 9.17) is 0 Å². The molecule has 0 aromatic carbocycles. The fraction of sp³-hybridized carbons (Fsp3) is 1.00. The van der Waals surface area contributed by atoms with Gasteiger partial charge < -0.3 is 5.32 Å². The van der Waals surface area contributed by atoms with Gasteiger partial charge in [0.15, 0.2) is 0 Å². The topological polar surface area (TPSA) is 98.3 Å². The Morgan fingerprint density at radius 1 is 0.895 bits per heavy atom. The molecule has 108 valence electrons. The number of rotatable bonds is 4. The fourth-order valence-corrected chi connectivity index (χ4v) is 3.32. The molecule has 3 atom stereocenters. The van der Waals surface area contributed by atoms with Gasteiger partial charge in [-0.1, -0.05) is 19.3 Å². The summed E-state index contributed by atoms with van der Waals surface area (Å²) in [5.74, 6) is 0. The summed E-state index contributed by atoms with van der Waals surface area (Å²) < 4.78 is 0. The van der Waals surface area contributed by atoms with Gasteiger partial charge >= 0.3 is 0 Å². The first-order valence-corrected chi connectivity index (χ1v) is 7.11. The molecule has 0 spiro atoms. The third-order valence-electron chi connectivity index (χ3n) is 4.41. The number of hydrogen-bond donors (Lipinski definition) is 1. The van der Waals surface area contributed by atoms with E-state index in [2.05, 4.69) is 5.32 Å². The summed E-state index contributed by atoms with van der Waals surface area (Å²) in [5, 5.41) is 25.3. The van der Waals surface area contributed by atoms with Gasteiger partial charge in [-0.25, -0.2) is 0 Å². The SMILES string of the molecule is O=[N+]([O-])C1CCC(NC2CCCCC2)C([N+](=O)[O-])C1. The lowest BCUT2D eigenvalue weighted by molar-refractivity contribution is -0.570. The summed E-state index contributed by atoms with van der Waals surface area (Å²) in [6.07, 6.45) is 6.76. The zero-order valence-corrected chi connectivity index (χ0v) is 11.0. The number of hydrogen-bond acceptors (Lipinski definition) is 5. The second-order valence-corrected chi connectivity index (χ2v) is 5.71. The van der Waals surface area contributed by atoms with Gasteiger partial charge in [0, 0.05) is 22.3 Å². The Morgan fingerprint density at radius 2 is 1.58 bits per heavy atom. The summed E-state index contributed by atoms with van der Waals surface area (Å²) in [4.78, 5) is 21.2. The minimum atomic E-state index is -0.814. The molecule has 7 heteroatoms. The van der Waals surface area contributed by atoms with Crippen LogP contribution in [0.1, 0.15) is 51.4 Å². The van der Waals surface area contributed by atoms with Crippen molar-refractivity contribution in [2.24, 2.45) is 0 Å². The van der Waals surface area contributed by atoms with Crippen LogP contribution in [0, 0.1) is 20.2 Å². The standard InChI is InChI=1S/C12H21N3O4/c16-14(17)10-6-7-11(12(8-10)15(18)19)13-9-4-2-1-3-5-9/h9-13H,1-8H2. The molecule has 2 aliphatic rings. The molecular formula is C12H21N3O4. The highest BCUT2D eigenvalue weighted by Crippen LogP contribution is 2.26. The number of nitrogens with one attached hydrogen (secondary N) is 1. The number of nitro groups is 2. The maximum atomic E-state index is 11.1. The van der Waals surface area contributed by atoms with Crippen molar-refractivity contribution in [2.75, 3.05) is 0 Å². The summed E-state index contributed by atoms with van der Waals surface area (Å²) in [5.41, 5.74) is 0. The van der Waals surface area contributed by atoms with Crippen molar-refractivity contribution in [3.05, 3.63) is 20.2 Å². The van der Waals surface area contributed by atoms with Crippen LogP contribution in [0.15, 0.2) is 0 Å². The van der Waals surface area contributed by atoms with E-state index >= 15 is 0 Å². The Labute approximate surface area is 112 Å². The molecule has 2 aliphatic carbocycles. The first-order chi connectivity index (χ1) is 9.08. The minimum Gasteiger partial charge on any atom is -0.305 e. The third kappa shape index (κ3) is 3.62. The molecule has 3 unspecified atom stereocenters. The van der Waals surface area contributed by atoms with Crippen molar-refractivity contribution in [3.63, 3.8) is 0 Å². The minimum absolute atomic E-state index is 0.0599. The van der Waals surface area contributed by atoms with Crippen LogP contribution in [0.25, 0.3) is 0 Å². The van der Waals surface area contributed by atoms with Crippen molar-refractivity contribution in [2.45, 2.75) is 75.5 Å². The average molecular weight is 271 g/mol. The highest BCUT2D eigenvalue weighted by Gasteiger charge is 2.43. The lowest BCUT2D eigenvalue weighted by Crippen LogP contribution is -2.53. The van der Waals surface area contributed by atoms with Crippen LogP contribution in [0.5, 0.6) is 0 Å². The van der Waals surface area contributed by atoms with E-state index in [0.717, 1.165) is 12.8 Å². The van der Waals surface area contributed by atoms with Crippen molar-refractivity contribution >= 4 is 0 Å². The molecule has 2 saturated carbocycles. The van der Waals surface area contributed by atoms with Gasteiger partial charge in [0.2, 0.25) is 12.1 Å².